The third kappa shape index (κ3) is 10.1. The van der Waals surface area contributed by atoms with Gasteiger partial charge in [-0.15, -0.1) is 0 Å². The molecule has 4 nitrogen and oxygen atoms in total. The number of benzene rings is 21. The average molecular weight is 1470 g/mol. The van der Waals surface area contributed by atoms with Crippen molar-refractivity contribution in [1.29, 1.82) is 0 Å². The molecule has 0 fully saturated rings. The van der Waals surface area contributed by atoms with Gasteiger partial charge >= 0.3 is 0 Å². The van der Waals surface area contributed by atoms with Gasteiger partial charge in [0.05, 0.1) is 21.9 Å². The van der Waals surface area contributed by atoms with E-state index in [4.69, 9.17) is 28.6 Å². The second-order valence-electron chi connectivity index (χ2n) is 29.2. The molecule has 25 aromatic rings. The summed E-state index contributed by atoms with van der Waals surface area (Å²) in [6, 6.07) is 89.2. The zero-order valence-electron chi connectivity index (χ0n) is 76.3. The van der Waals surface area contributed by atoms with Crippen molar-refractivity contribution < 1.29 is 39.6 Å². The second-order valence-corrected chi connectivity index (χ2v) is 29.2. The summed E-state index contributed by atoms with van der Waals surface area (Å²) in [7, 11) is 0. The van der Waals surface area contributed by atoms with E-state index in [1.54, 1.807) is 6.07 Å². The number of rotatable bonds is 7. The standard InChI is InChI=1S/C58H34O2.C52H30O2/c1-3-13-39-31-55-51(29-37(39)11-1)45-25-23-41(33-53(45)59-55)35-15-9-17-43(27-35)57-47-19-5-7-21-49(47)58(50-22-8-6-20-48(50)57)44-18-10-16-36(28-44)42-24-26-46-52-30-38-12-2-4-14-40(38)32-56(52)60-54(46)34-42;1-3-11-37-32(9-1)24-28-46-51(37)45-27-23-36(30-48(45)53-46)50-42-15-7-5-13-40(42)49(41-14-6-8-16-43(41)50)34-19-17-31(18-20-34)35-22-25-39-44-26-21-33-10-2-4-12-38(33)52(44)54-47(39)29-35/h1-34H;1-30H/i5D,6D,7D,8D,19D,20D,21D,22D;5D,6D,7D,8D,13D,14D,15D,16D. The van der Waals surface area contributed by atoms with Crippen molar-refractivity contribution in [2.75, 3.05) is 0 Å². The molecule has 528 valence electrons. The van der Waals surface area contributed by atoms with Crippen molar-refractivity contribution in [3.63, 3.8) is 0 Å². The Balaban J connectivity index is 0.000000145. The van der Waals surface area contributed by atoms with Crippen LogP contribution in [-0.4, -0.2) is 0 Å². The first-order valence-electron chi connectivity index (χ1n) is 45.7. The van der Waals surface area contributed by atoms with E-state index in [0.29, 0.717) is 50.1 Å². The lowest BCUT2D eigenvalue weighted by atomic mass is 9.85. The van der Waals surface area contributed by atoms with Crippen LogP contribution in [0.4, 0.5) is 0 Å². The Labute approximate surface area is 675 Å². The highest BCUT2D eigenvalue weighted by molar-refractivity contribution is 6.26. The summed E-state index contributed by atoms with van der Waals surface area (Å²) in [5.74, 6) is 0. The van der Waals surface area contributed by atoms with Gasteiger partial charge in [-0.25, -0.2) is 0 Å². The predicted octanol–water partition coefficient (Wildman–Crippen LogP) is 31.9. The number of hydrogen-bond acceptors (Lipinski definition) is 4. The molecule has 0 aliphatic heterocycles. The topological polar surface area (TPSA) is 52.6 Å². The van der Waals surface area contributed by atoms with Gasteiger partial charge in [0, 0.05) is 48.5 Å². The Morgan fingerprint density at radius 2 is 0.465 bits per heavy atom. The number of furan rings is 4. The molecule has 0 unspecified atom stereocenters. The van der Waals surface area contributed by atoms with Gasteiger partial charge in [-0.2, -0.15) is 0 Å². The van der Waals surface area contributed by atoms with E-state index < -0.39 is 48.3 Å². The molecular formula is C110H64O4. The lowest BCUT2D eigenvalue weighted by Crippen LogP contribution is -1.91. The molecule has 0 aliphatic rings. The maximum Gasteiger partial charge on any atom is 0.143 e. The van der Waals surface area contributed by atoms with Gasteiger partial charge in [0.1, 0.15) is 44.7 Å². The maximum atomic E-state index is 9.53. The van der Waals surface area contributed by atoms with E-state index in [-0.39, 0.29) is 108 Å². The van der Waals surface area contributed by atoms with Crippen LogP contribution in [0.5, 0.6) is 0 Å². The van der Waals surface area contributed by atoms with Crippen LogP contribution in [0.25, 0.3) is 252 Å². The van der Waals surface area contributed by atoms with Crippen LogP contribution >= 0.6 is 0 Å². The summed E-state index contributed by atoms with van der Waals surface area (Å²) in [6.07, 6.45) is 0. The third-order valence-corrected chi connectivity index (χ3v) is 22.9. The van der Waals surface area contributed by atoms with Gasteiger partial charge in [0.2, 0.25) is 0 Å². The normalized spacial score (nSPS) is 14.0. The first-order chi connectivity index (χ1) is 63.1. The quantitative estimate of drug-likeness (QED) is 0.149. The van der Waals surface area contributed by atoms with E-state index in [0.717, 1.165) is 142 Å². The molecule has 0 aliphatic carbocycles. The molecule has 0 N–H and O–H groups in total. The van der Waals surface area contributed by atoms with Gasteiger partial charge in [-0.3, -0.25) is 0 Å². The van der Waals surface area contributed by atoms with Crippen molar-refractivity contribution in [2.45, 2.75) is 0 Å². The lowest BCUT2D eigenvalue weighted by Gasteiger charge is -2.18. The maximum absolute atomic E-state index is 9.53. The van der Waals surface area contributed by atoms with Crippen LogP contribution in [0, 0.1) is 0 Å². The van der Waals surface area contributed by atoms with E-state index in [2.05, 4.69) is 66.7 Å². The van der Waals surface area contributed by atoms with Gasteiger partial charge in [0.25, 0.3) is 0 Å². The zero-order valence-corrected chi connectivity index (χ0v) is 60.3. The Kier molecular flexibility index (Phi) is 11.0. The molecule has 0 amide bonds. The molecule has 4 aromatic heterocycles. The summed E-state index contributed by atoms with van der Waals surface area (Å²) < 4.78 is 173. The highest BCUT2D eigenvalue weighted by Crippen LogP contribution is 2.49. The van der Waals surface area contributed by atoms with Crippen LogP contribution in [0.1, 0.15) is 21.9 Å². The highest BCUT2D eigenvalue weighted by atomic mass is 16.3. The largest absolute Gasteiger partial charge is 0.456 e. The Hall–Kier alpha value is -15.1. The Morgan fingerprint density at radius 1 is 0.158 bits per heavy atom. The monoisotopic (exact) mass is 1460 g/mol. The molecular weight excluding hydrogens is 1390 g/mol. The van der Waals surface area contributed by atoms with E-state index in [1.807, 2.05) is 218 Å². The predicted molar refractivity (Wildman–Crippen MR) is 480 cm³/mol. The van der Waals surface area contributed by atoms with Gasteiger partial charge in [-0.1, -0.05) is 291 Å². The minimum atomic E-state index is -0.449. The van der Waals surface area contributed by atoms with Crippen LogP contribution in [0.3, 0.4) is 0 Å². The van der Waals surface area contributed by atoms with E-state index in [9.17, 15) is 11.0 Å². The molecule has 0 saturated heterocycles. The fourth-order valence-corrected chi connectivity index (χ4v) is 17.6. The molecule has 114 heavy (non-hydrogen) atoms. The highest BCUT2D eigenvalue weighted by Gasteiger charge is 2.23. The van der Waals surface area contributed by atoms with Gasteiger partial charge < -0.3 is 17.7 Å². The van der Waals surface area contributed by atoms with E-state index >= 15 is 0 Å². The molecule has 0 atom stereocenters. The number of hydrogen-bond donors (Lipinski definition) is 0. The first kappa shape index (κ1) is 49.8. The molecule has 0 radical (unpaired) electrons. The van der Waals surface area contributed by atoms with Crippen LogP contribution in [0.15, 0.2) is 406 Å². The molecule has 25 rings (SSSR count). The minimum absolute atomic E-state index is 0.149. The van der Waals surface area contributed by atoms with Crippen molar-refractivity contribution in [3.05, 3.63) is 388 Å². The van der Waals surface area contributed by atoms with Crippen molar-refractivity contribution >= 4 is 174 Å². The van der Waals surface area contributed by atoms with E-state index in [1.165, 1.54) is 0 Å². The van der Waals surface area contributed by atoms with Crippen LogP contribution in [0.2, 0.25) is 0 Å². The van der Waals surface area contributed by atoms with Crippen molar-refractivity contribution in [2.24, 2.45) is 0 Å². The summed E-state index contributed by atoms with van der Waals surface area (Å²) in [6.45, 7) is 0. The molecule has 0 spiro atoms. The molecule has 4 heterocycles. The SMILES string of the molecule is [2H]c1c([2H])c([2H])c2c(-c3ccc4c(c3)oc3ccc5ccccc5c34)c3c([2H])c([2H])c([2H])c([2H])c3c(-c3ccc(-c4ccc5c(c4)oc4c6ccccc6ccc54)cc3)c2c1[2H].[2H]c1c([2H])c([2H])c2c(-c3cccc(-c4ccc5c(c4)oc4cc6ccccc6cc45)c3)c3c([2H])c([2H])c([2H])c([2H])c3c(-c3cccc(-c4ccc5c(c4)oc4cc6ccccc6cc45)c3)c2c1[2H]. The summed E-state index contributed by atoms with van der Waals surface area (Å²) in [5.41, 5.74) is 13.9. The Morgan fingerprint density at radius 3 is 0.965 bits per heavy atom. The third-order valence-electron chi connectivity index (χ3n) is 22.9. The fraction of sp³-hybridized carbons (Fsp3) is 0. The van der Waals surface area contributed by atoms with Crippen molar-refractivity contribution in [1.82, 2.24) is 0 Å². The molecule has 0 saturated carbocycles. The van der Waals surface area contributed by atoms with Crippen molar-refractivity contribution in [3.8, 4) is 77.9 Å². The summed E-state index contributed by atoms with van der Waals surface area (Å²) in [4.78, 5) is 0. The fourth-order valence-electron chi connectivity index (χ4n) is 17.6. The second kappa shape index (κ2) is 25.2. The first-order valence-corrected chi connectivity index (χ1v) is 37.7. The van der Waals surface area contributed by atoms with Crippen LogP contribution in [-0.2, 0) is 0 Å². The minimum Gasteiger partial charge on any atom is -0.456 e. The van der Waals surface area contributed by atoms with Crippen LogP contribution < -0.4 is 0 Å². The average Bonchev–Trinajstić information content (AvgIpc) is 1.13. The van der Waals surface area contributed by atoms with Gasteiger partial charge in [0.15, 0.2) is 0 Å². The Bertz CT molecular complexity index is 8970. The number of fused-ring (bicyclic) bond motifs is 22. The molecule has 0 bridgehead atoms. The zero-order chi connectivity index (χ0) is 88.6. The molecule has 21 aromatic carbocycles. The summed E-state index contributed by atoms with van der Waals surface area (Å²) >= 11 is 0. The summed E-state index contributed by atoms with van der Waals surface area (Å²) in [5, 5.41) is 17.6. The lowest BCUT2D eigenvalue weighted by molar-refractivity contribution is 0.669. The smallest absolute Gasteiger partial charge is 0.143 e. The molecule has 4 heteroatoms. The van der Waals surface area contributed by atoms with Gasteiger partial charge in [-0.05, 0) is 256 Å².